The van der Waals surface area contributed by atoms with E-state index in [1.54, 1.807) is 0 Å². The number of allylic oxidation sites excluding steroid dienone is 1. The van der Waals surface area contributed by atoms with Gasteiger partial charge in [0.05, 0.1) is 5.37 Å². The Morgan fingerprint density at radius 2 is 2.12 bits per heavy atom. The fraction of sp³-hybridized carbons (Fsp3) is 0.714. The van der Waals surface area contributed by atoms with Crippen LogP contribution in [0.1, 0.15) is 33.1 Å². The van der Waals surface area contributed by atoms with Crippen LogP contribution in [0.4, 0.5) is 0 Å². The van der Waals surface area contributed by atoms with Crippen LogP contribution >= 0.6 is 11.8 Å². The molecule has 0 radical (unpaired) electrons. The van der Waals surface area contributed by atoms with Crippen LogP contribution < -0.4 is 0 Å². The van der Waals surface area contributed by atoms with Gasteiger partial charge in [0.25, 0.3) is 0 Å². The van der Waals surface area contributed by atoms with Crippen molar-refractivity contribution in [1.82, 2.24) is 4.90 Å². The van der Waals surface area contributed by atoms with Gasteiger partial charge >= 0.3 is 0 Å². The quantitative estimate of drug-likeness (QED) is 0.510. The summed E-state index contributed by atoms with van der Waals surface area (Å²) in [5.41, 5.74) is 0.368. The van der Waals surface area contributed by atoms with Gasteiger partial charge in [-0.05, 0) is 37.5 Å². The molecule has 0 spiro atoms. The van der Waals surface area contributed by atoms with Crippen molar-refractivity contribution in [3.8, 4) is 0 Å². The molecule has 0 aromatic rings. The van der Waals surface area contributed by atoms with Crippen LogP contribution in [-0.4, -0.2) is 29.1 Å². The van der Waals surface area contributed by atoms with Gasteiger partial charge in [-0.2, -0.15) is 0 Å². The molecule has 2 unspecified atom stereocenters. The molecule has 1 fully saturated rings. The van der Waals surface area contributed by atoms with E-state index in [4.69, 9.17) is 0 Å². The normalized spacial score (nSPS) is 29.2. The Morgan fingerprint density at radius 3 is 2.62 bits per heavy atom. The largest absolute Gasteiger partial charge is 0.288 e. The highest BCUT2D eigenvalue weighted by Crippen LogP contribution is 2.43. The van der Waals surface area contributed by atoms with E-state index in [1.165, 1.54) is 18.6 Å². The van der Waals surface area contributed by atoms with Crippen LogP contribution in [0.2, 0.25) is 0 Å². The van der Waals surface area contributed by atoms with Gasteiger partial charge in [0.1, 0.15) is 0 Å². The summed E-state index contributed by atoms with van der Waals surface area (Å²) in [5.74, 6) is 1.24. The van der Waals surface area contributed by atoms with E-state index in [0.29, 0.717) is 16.8 Å². The number of thioether (sulfide) groups is 1. The molecule has 0 N–H and O–H groups in total. The summed E-state index contributed by atoms with van der Waals surface area (Å²) in [6, 6.07) is 0.518. The van der Waals surface area contributed by atoms with Crippen molar-refractivity contribution >= 4 is 11.8 Å². The first-order valence-corrected chi connectivity index (χ1v) is 7.15. The molecule has 1 saturated heterocycles. The van der Waals surface area contributed by atoms with Gasteiger partial charge in [-0.25, -0.2) is 0 Å². The lowest BCUT2D eigenvalue weighted by Crippen LogP contribution is -2.33. The number of hydrogen-bond acceptors (Lipinski definition) is 2. The maximum absolute atomic E-state index is 3.97. The Balaban J connectivity index is 2.45. The first-order chi connectivity index (χ1) is 7.53. The molecule has 0 amide bonds. The van der Waals surface area contributed by atoms with Gasteiger partial charge in [0, 0.05) is 6.04 Å². The molecule has 2 atom stereocenters. The molecule has 0 aliphatic carbocycles. The van der Waals surface area contributed by atoms with E-state index < -0.39 is 0 Å². The maximum atomic E-state index is 3.97. The fourth-order valence-corrected chi connectivity index (χ4v) is 4.07. The fourth-order valence-electron chi connectivity index (χ4n) is 2.55. The number of likely N-dealkylation sites (N-methyl/N-ethyl adjacent to an activating group) is 1. The first-order valence-electron chi connectivity index (χ1n) is 6.10. The highest BCUT2D eigenvalue weighted by Gasteiger charge is 2.42. The van der Waals surface area contributed by atoms with Crippen LogP contribution in [0.15, 0.2) is 25.3 Å². The number of likely N-dealkylation sites (tertiary alicyclic amines) is 1. The molecule has 92 valence electrons. The number of unbranched alkanes of at least 4 members (excludes halogenated alkanes) is 1. The molecule has 1 rings (SSSR count). The minimum Gasteiger partial charge on any atom is -0.288 e. The Labute approximate surface area is 105 Å². The second-order valence-electron chi connectivity index (χ2n) is 5.30. The molecule has 0 aromatic heterocycles. The second kappa shape index (κ2) is 5.92. The van der Waals surface area contributed by atoms with Gasteiger partial charge < -0.3 is 0 Å². The average molecular weight is 239 g/mol. The molecule has 1 heterocycles. The predicted molar refractivity (Wildman–Crippen MR) is 75.8 cm³/mol. The summed E-state index contributed by atoms with van der Waals surface area (Å²) in [5, 5.41) is 0.655. The maximum Gasteiger partial charge on any atom is 0.0565 e. The van der Waals surface area contributed by atoms with E-state index in [2.05, 4.69) is 56.8 Å². The molecule has 16 heavy (non-hydrogen) atoms. The highest BCUT2D eigenvalue weighted by molar-refractivity contribution is 7.99. The van der Waals surface area contributed by atoms with Crippen molar-refractivity contribution in [2.24, 2.45) is 5.41 Å². The molecule has 1 nitrogen and oxygen atoms in total. The minimum atomic E-state index is 0.368. The predicted octanol–water partition coefficient (Wildman–Crippen LogP) is 3.93. The SMILES string of the molecule is C=CCCCSC1CC(C)(C)C(C=C)N1C. The third-order valence-corrected chi connectivity index (χ3v) is 4.89. The molecular formula is C14H25NS. The van der Waals surface area contributed by atoms with Gasteiger partial charge in [-0.1, -0.05) is 26.0 Å². The average Bonchev–Trinajstić information content (AvgIpc) is 2.44. The number of rotatable bonds is 6. The van der Waals surface area contributed by atoms with Crippen LogP contribution in [-0.2, 0) is 0 Å². The molecule has 2 heteroatoms. The standard InChI is InChI=1S/C14H25NS/c1-6-8-9-10-16-13-11-14(3,4)12(7-2)15(13)5/h6-7,12-13H,1-2,8-11H2,3-5H3. The van der Waals surface area contributed by atoms with Gasteiger partial charge in [-0.15, -0.1) is 24.9 Å². The molecule has 0 saturated carbocycles. The van der Waals surface area contributed by atoms with Gasteiger partial charge in [0.2, 0.25) is 0 Å². The van der Waals surface area contributed by atoms with E-state index in [9.17, 15) is 0 Å². The zero-order valence-corrected chi connectivity index (χ0v) is 11.7. The lowest BCUT2D eigenvalue weighted by molar-refractivity contribution is 0.256. The first kappa shape index (κ1) is 13.9. The summed E-state index contributed by atoms with van der Waals surface area (Å²) in [7, 11) is 2.23. The number of nitrogens with zero attached hydrogens (tertiary/aromatic N) is 1. The van der Waals surface area contributed by atoms with Crippen LogP contribution in [0.25, 0.3) is 0 Å². The van der Waals surface area contributed by atoms with E-state index >= 15 is 0 Å². The number of hydrogen-bond donors (Lipinski definition) is 0. The van der Waals surface area contributed by atoms with Crippen molar-refractivity contribution in [3.05, 3.63) is 25.3 Å². The molecule has 1 aliphatic heterocycles. The molecule has 0 bridgehead atoms. The van der Waals surface area contributed by atoms with Crippen molar-refractivity contribution < 1.29 is 0 Å². The molecular weight excluding hydrogens is 214 g/mol. The summed E-state index contributed by atoms with van der Waals surface area (Å²) < 4.78 is 0. The monoisotopic (exact) mass is 239 g/mol. The van der Waals surface area contributed by atoms with E-state index in [1.807, 2.05) is 6.08 Å². The van der Waals surface area contributed by atoms with Crippen molar-refractivity contribution in [1.29, 1.82) is 0 Å². The zero-order valence-electron chi connectivity index (χ0n) is 10.9. The summed E-state index contributed by atoms with van der Waals surface area (Å²) >= 11 is 2.08. The molecule has 1 aliphatic rings. The van der Waals surface area contributed by atoms with Gasteiger partial charge in [-0.3, -0.25) is 4.90 Å². The topological polar surface area (TPSA) is 3.24 Å². The van der Waals surface area contributed by atoms with E-state index in [0.717, 1.165) is 6.42 Å². The lowest BCUT2D eigenvalue weighted by Gasteiger charge is -2.28. The van der Waals surface area contributed by atoms with Crippen LogP contribution in [0, 0.1) is 5.41 Å². The smallest absolute Gasteiger partial charge is 0.0565 e. The highest BCUT2D eigenvalue weighted by atomic mass is 32.2. The van der Waals surface area contributed by atoms with Gasteiger partial charge in [0.15, 0.2) is 0 Å². The third-order valence-electron chi connectivity index (χ3n) is 3.48. The summed E-state index contributed by atoms with van der Waals surface area (Å²) in [4.78, 5) is 2.48. The minimum absolute atomic E-state index is 0.368. The summed E-state index contributed by atoms with van der Waals surface area (Å²) in [6.45, 7) is 12.4. The third kappa shape index (κ3) is 3.14. The lowest BCUT2D eigenvalue weighted by atomic mass is 9.85. The van der Waals surface area contributed by atoms with Crippen molar-refractivity contribution in [3.63, 3.8) is 0 Å². The second-order valence-corrected chi connectivity index (χ2v) is 6.58. The van der Waals surface area contributed by atoms with Crippen molar-refractivity contribution in [2.45, 2.75) is 44.5 Å². The van der Waals surface area contributed by atoms with Crippen molar-refractivity contribution in [2.75, 3.05) is 12.8 Å². The van der Waals surface area contributed by atoms with E-state index in [-0.39, 0.29) is 0 Å². The van der Waals surface area contributed by atoms with Crippen LogP contribution in [0.3, 0.4) is 0 Å². The zero-order chi connectivity index (χ0) is 12.2. The Morgan fingerprint density at radius 1 is 1.44 bits per heavy atom. The Bertz CT molecular complexity index is 247. The Hall–Kier alpha value is -0.210. The van der Waals surface area contributed by atoms with Crippen LogP contribution in [0.5, 0.6) is 0 Å². The Kier molecular flexibility index (Phi) is 5.13. The summed E-state index contributed by atoms with van der Waals surface area (Å²) in [6.07, 6.45) is 7.76. The molecule has 0 aromatic carbocycles.